The lowest BCUT2D eigenvalue weighted by atomic mass is 10.1. The minimum atomic E-state index is -3.10. The zero-order valence-corrected chi connectivity index (χ0v) is 12.3. The van der Waals surface area contributed by atoms with Crippen LogP contribution in [0.1, 0.15) is 35.1 Å². The lowest BCUT2D eigenvalue weighted by molar-refractivity contribution is 0.0591. The van der Waals surface area contributed by atoms with E-state index in [1.165, 1.54) is 18.0 Å². The number of esters is 1. The average molecular weight is 302 g/mol. The maximum atomic E-state index is 11.7. The topological polar surface area (TPSA) is 103 Å². The van der Waals surface area contributed by atoms with E-state index in [-0.39, 0.29) is 24.0 Å². The van der Waals surface area contributed by atoms with Crippen LogP contribution in [-0.4, -0.2) is 55.0 Å². The molecule has 0 aliphatic carbocycles. The second-order valence-electron chi connectivity index (χ2n) is 4.82. The van der Waals surface area contributed by atoms with Crippen molar-refractivity contribution in [2.75, 3.05) is 25.7 Å². The fraction of sp³-hybridized carbons (Fsp3) is 0.727. The molecule has 112 valence electrons. The number of hydrogen-bond donors (Lipinski definition) is 1. The van der Waals surface area contributed by atoms with Gasteiger partial charge >= 0.3 is 5.97 Å². The fourth-order valence-electron chi connectivity index (χ4n) is 2.24. The Bertz CT molecular complexity index is 590. The maximum Gasteiger partial charge on any atom is 0.360 e. The van der Waals surface area contributed by atoms with E-state index in [9.17, 15) is 13.2 Å². The van der Waals surface area contributed by atoms with Crippen molar-refractivity contribution >= 4 is 15.8 Å². The summed E-state index contributed by atoms with van der Waals surface area (Å²) in [7, 11) is -1.82. The third-order valence-electron chi connectivity index (χ3n) is 3.22. The zero-order valence-electron chi connectivity index (χ0n) is 11.5. The van der Waals surface area contributed by atoms with Crippen LogP contribution in [0.25, 0.3) is 0 Å². The Hall–Kier alpha value is -1.48. The van der Waals surface area contributed by atoms with Crippen LogP contribution in [0.3, 0.4) is 0 Å². The molecule has 1 N–H and O–H groups in total. The first kappa shape index (κ1) is 14.9. The standard InChI is InChI=1S/C11H18N4O4S/c1-19-11(16)9-10(8-4-3-5-12-8)15(14-13-9)6-7-20(2,17)18/h8,12H,3-7H2,1-2H3. The number of rotatable bonds is 5. The second kappa shape index (κ2) is 5.88. The molecule has 0 saturated carbocycles. The van der Waals surface area contributed by atoms with Gasteiger partial charge in [0.15, 0.2) is 5.69 Å². The van der Waals surface area contributed by atoms with Crippen LogP contribution in [0.5, 0.6) is 0 Å². The first-order valence-corrected chi connectivity index (χ1v) is 8.41. The van der Waals surface area contributed by atoms with Crippen LogP contribution in [0, 0.1) is 0 Å². The predicted molar refractivity (Wildman–Crippen MR) is 71.1 cm³/mol. The van der Waals surface area contributed by atoms with Gasteiger partial charge in [0.25, 0.3) is 0 Å². The molecule has 0 aromatic carbocycles. The number of ether oxygens (including phenoxy) is 1. The van der Waals surface area contributed by atoms with E-state index in [1.807, 2.05) is 0 Å². The highest BCUT2D eigenvalue weighted by Gasteiger charge is 2.29. The summed E-state index contributed by atoms with van der Waals surface area (Å²) in [6, 6.07) is -0.0429. The quantitative estimate of drug-likeness (QED) is 0.734. The van der Waals surface area contributed by atoms with E-state index in [1.54, 1.807) is 0 Å². The van der Waals surface area contributed by atoms with Gasteiger partial charge in [0.05, 0.1) is 31.1 Å². The number of sulfone groups is 1. The van der Waals surface area contributed by atoms with Gasteiger partial charge in [-0.15, -0.1) is 5.10 Å². The molecule has 1 aromatic heterocycles. The molecular weight excluding hydrogens is 284 g/mol. The molecular formula is C11H18N4O4S. The van der Waals surface area contributed by atoms with Gasteiger partial charge in [-0.2, -0.15) is 0 Å². The minimum absolute atomic E-state index is 0.0429. The fourth-order valence-corrected chi connectivity index (χ4v) is 2.75. The lowest BCUT2D eigenvalue weighted by Crippen LogP contribution is -2.22. The summed E-state index contributed by atoms with van der Waals surface area (Å²) < 4.78 is 28.7. The molecule has 0 spiro atoms. The summed E-state index contributed by atoms with van der Waals surface area (Å²) in [5.41, 5.74) is 0.762. The number of methoxy groups -OCH3 is 1. The molecule has 9 heteroatoms. The Labute approximate surface area is 117 Å². The molecule has 1 saturated heterocycles. The first-order valence-electron chi connectivity index (χ1n) is 6.35. The van der Waals surface area contributed by atoms with Crippen molar-refractivity contribution in [3.63, 3.8) is 0 Å². The van der Waals surface area contributed by atoms with Crippen LogP contribution >= 0.6 is 0 Å². The van der Waals surface area contributed by atoms with E-state index in [2.05, 4.69) is 15.6 Å². The van der Waals surface area contributed by atoms with Crippen LogP contribution < -0.4 is 5.32 Å². The van der Waals surface area contributed by atoms with E-state index < -0.39 is 15.8 Å². The molecule has 2 rings (SSSR count). The average Bonchev–Trinajstić information content (AvgIpc) is 3.02. The third-order valence-corrected chi connectivity index (χ3v) is 4.14. The van der Waals surface area contributed by atoms with Crippen LogP contribution in [0.4, 0.5) is 0 Å². The van der Waals surface area contributed by atoms with E-state index in [4.69, 9.17) is 4.74 Å². The molecule has 8 nitrogen and oxygen atoms in total. The number of aryl methyl sites for hydroxylation is 1. The summed E-state index contributed by atoms with van der Waals surface area (Å²) >= 11 is 0. The van der Waals surface area contributed by atoms with Gasteiger partial charge in [-0.3, -0.25) is 0 Å². The van der Waals surface area contributed by atoms with E-state index >= 15 is 0 Å². The van der Waals surface area contributed by atoms with Gasteiger partial charge in [-0.05, 0) is 19.4 Å². The van der Waals surface area contributed by atoms with Crippen molar-refractivity contribution in [2.24, 2.45) is 0 Å². The molecule has 1 aromatic rings. The molecule has 0 amide bonds. The summed E-state index contributed by atoms with van der Waals surface area (Å²) in [5.74, 6) is -0.601. The molecule has 1 aliphatic heterocycles. The molecule has 20 heavy (non-hydrogen) atoms. The Balaban J connectivity index is 2.31. The first-order chi connectivity index (χ1) is 9.42. The van der Waals surface area contributed by atoms with E-state index in [0.717, 1.165) is 19.4 Å². The van der Waals surface area contributed by atoms with Crippen molar-refractivity contribution in [3.05, 3.63) is 11.4 Å². The number of carbonyl (C=O) groups is 1. The SMILES string of the molecule is COC(=O)c1nnn(CCS(C)(=O)=O)c1C1CCCN1. The van der Waals surface area contributed by atoms with Gasteiger partial charge < -0.3 is 10.1 Å². The third kappa shape index (κ3) is 3.34. The van der Waals surface area contributed by atoms with Crippen molar-refractivity contribution < 1.29 is 17.9 Å². The highest BCUT2D eigenvalue weighted by atomic mass is 32.2. The predicted octanol–water partition coefficient (Wildman–Crippen LogP) is -0.466. The van der Waals surface area contributed by atoms with Crippen molar-refractivity contribution in [1.82, 2.24) is 20.3 Å². The van der Waals surface area contributed by atoms with Gasteiger partial charge in [0.2, 0.25) is 0 Å². The van der Waals surface area contributed by atoms with Gasteiger partial charge in [-0.1, -0.05) is 5.21 Å². The number of nitrogens with one attached hydrogen (secondary N) is 1. The Morgan fingerprint density at radius 2 is 2.30 bits per heavy atom. The molecule has 0 radical (unpaired) electrons. The summed E-state index contributed by atoms with van der Waals surface area (Å²) in [6.45, 7) is 1.03. The summed E-state index contributed by atoms with van der Waals surface area (Å²) in [4.78, 5) is 11.7. The normalized spacial score (nSPS) is 19.2. The van der Waals surface area contributed by atoms with Gasteiger partial charge in [0, 0.05) is 6.26 Å². The number of hydrogen-bond acceptors (Lipinski definition) is 7. The molecule has 0 bridgehead atoms. The summed E-state index contributed by atoms with van der Waals surface area (Å²) in [5, 5.41) is 11.0. The van der Waals surface area contributed by atoms with Gasteiger partial charge in [0.1, 0.15) is 9.84 Å². The Morgan fingerprint density at radius 3 is 2.85 bits per heavy atom. The molecule has 2 heterocycles. The number of nitrogens with zero attached hydrogens (tertiary/aromatic N) is 3. The van der Waals surface area contributed by atoms with Crippen molar-refractivity contribution in [3.8, 4) is 0 Å². The van der Waals surface area contributed by atoms with E-state index in [0.29, 0.717) is 5.69 Å². The zero-order chi connectivity index (χ0) is 14.8. The lowest BCUT2D eigenvalue weighted by Gasteiger charge is -2.13. The van der Waals surface area contributed by atoms with Crippen LogP contribution in [0.2, 0.25) is 0 Å². The Kier molecular flexibility index (Phi) is 4.39. The molecule has 1 atom stereocenters. The second-order valence-corrected chi connectivity index (χ2v) is 7.08. The summed E-state index contributed by atoms with van der Waals surface area (Å²) in [6.07, 6.45) is 3.01. The highest BCUT2D eigenvalue weighted by molar-refractivity contribution is 7.90. The molecule has 1 fully saturated rings. The van der Waals surface area contributed by atoms with Crippen molar-refractivity contribution in [2.45, 2.75) is 25.4 Å². The monoisotopic (exact) mass is 302 g/mol. The van der Waals surface area contributed by atoms with Crippen LogP contribution in [-0.2, 0) is 21.1 Å². The highest BCUT2D eigenvalue weighted by Crippen LogP contribution is 2.25. The minimum Gasteiger partial charge on any atom is -0.464 e. The maximum absolute atomic E-state index is 11.7. The van der Waals surface area contributed by atoms with Crippen LogP contribution in [0.15, 0.2) is 0 Å². The largest absolute Gasteiger partial charge is 0.464 e. The van der Waals surface area contributed by atoms with Crippen molar-refractivity contribution in [1.29, 1.82) is 0 Å². The Morgan fingerprint density at radius 1 is 1.55 bits per heavy atom. The number of aromatic nitrogens is 3. The van der Waals surface area contributed by atoms with Gasteiger partial charge in [-0.25, -0.2) is 17.9 Å². The number of carbonyl (C=O) groups excluding carboxylic acids is 1. The molecule has 1 aliphatic rings. The smallest absolute Gasteiger partial charge is 0.360 e. The molecule has 1 unspecified atom stereocenters.